The molecule has 5 heteroatoms. The summed E-state index contributed by atoms with van der Waals surface area (Å²) in [5.41, 5.74) is 9.52. The van der Waals surface area contributed by atoms with Crippen LogP contribution in [0.2, 0.25) is 0 Å². The first-order valence-electron chi connectivity index (χ1n) is 6.14. The van der Waals surface area contributed by atoms with Crippen molar-refractivity contribution in [2.75, 3.05) is 5.73 Å². The summed E-state index contributed by atoms with van der Waals surface area (Å²) in [5.74, 6) is 4.18. The molecule has 98 valence electrons. The maximum absolute atomic E-state index is 5.99. The summed E-state index contributed by atoms with van der Waals surface area (Å²) >= 11 is 3.61. The molecule has 0 spiro atoms. The van der Waals surface area contributed by atoms with Gasteiger partial charge in [-0.2, -0.15) is 11.8 Å². The van der Waals surface area contributed by atoms with E-state index < -0.39 is 0 Å². The molecular formula is C14H15N3S2. The van der Waals surface area contributed by atoms with Crippen LogP contribution in [0, 0.1) is 6.92 Å². The molecule has 0 aliphatic carbocycles. The fraction of sp³-hybridized carbons (Fsp3) is 0.286. The summed E-state index contributed by atoms with van der Waals surface area (Å²) in [5, 5.41) is 0. The van der Waals surface area contributed by atoms with Crippen LogP contribution in [0.4, 0.5) is 5.82 Å². The number of aryl methyl sites for hydroxylation is 1. The fourth-order valence-electron chi connectivity index (χ4n) is 2.05. The minimum atomic E-state index is 0.662. The highest BCUT2D eigenvalue weighted by Gasteiger charge is 2.18. The van der Waals surface area contributed by atoms with Gasteiger partial charge in [-0.25, -0.2) is 9.97 Å². The topological polar surface area (TPSA) is 51.8 Å². The van der Waals surface area contributed by atoms with Crippen LogP contribution in [0.15, 0.2) is 29.2 Å². The molecule has 1 aromatic carbocycles. The average molecular weight is 289 g/mol. The third-order valence-electron chi connectivity index (χ3n) is 3.01. The van der Waals surface area contributed by atoms with Gasteiger partial charge in [-0.15, -0.1) is 11.8 Å². The lowest BCUT2D eigenvalue weighted by atomic mass is 10.2. The second-order valence-corrected chi connectivity index (χ2v) is 6.58. The predicted octanol–water partition coefficient (Wildman–Crippen LogP) is 3.41. The van der Waals surface area contributed by atoms with Crippen molar-refractivity contribution >= 4 is 29.3 Å². The molecule has 1 aliphatic heterocycles. The summed E-state index contributed by atoms with van der Waals surface area (Å²) in [4.78, 5) is 10.3. The first kappa shape index (κ1) is 12.8. The van der Waals surface area contributed by atoms with Gasteiger partial charge in [-0.1, -0.05) is 17.7 Å². The van der Waals surface area contributed by atoms with Crippen LogP contribution in [-0.2, 0) is 17.3 Å². The number of rotatable bonds is 3. The van der Waals surface area contributed by atoms with E-state index in [4.69, 9.17) is 5.73 Å². The van der Waals surface area contributed by atoms with E-state index >= 15 is 0 Å². The number of thioether (sulfide) groups is 2. The Hall–Kier alpha value is -1.20. The Morgan fingerprint density at radius 3 is 3.05 bits per heavy atom. The van der Waals surface area contributed by atoms with Crippen LogP contribution < -0.4 is 5.73 Å². The minimum Gasteiger partial charge on any atom is -0.383 e. The Bertz CT molecular complexity index is 614. The highest BCUT2D eigenvalue weighted by molar-refractivity contribution is 7.98. The van der Waals surface area contributed by atoms with E-state index in [1.54, 1.807) is 11.8 Å². The molecular weight excluding hydrogens is 274 g/mol. The fourth-order valence-corrected chi connectivity index (χ4v) is 3.97. The molecule has 3 nitrogen and oxygen atoms in total. The van der Waals surface area contributed by atoms with E-state index in [0.29, 0.717) is 5.82 Å². The van der Waals surface area contributed by atoms with Crippen LogP contribution in [0.25, 0.3) is 0 Å². The molecule has 0 atom stereocenters. The maximum atomic E-state index is 5.99. The molecule has 2 aromatic rings. The summed E-state index contributed by atoms with van der Waals surface area (Å²) in [7, 11) is 0. The van der Waals surface area contributed by atoms with Gasteiger partial charge < -0.3 is 5.73 Å². The summed E-state index contributed by atoms with van der Waals surface area (Å²) < 4.78 is 0. The number of nitrogens with two attached hydrogens (primary N) is 1. The van der Waals surface area contributed by atoms with E-state index in [1.807, 2.05) is 11.8 Å². The van der Waals surface area contributed by atoms with Crippen molar-refractivity contribution in [2.24, 2.45) is 0 Å². The summed E-state index contributed by atoms with van der Waals surface area (Å²) in [6.07, 6.45) is 0. The second kappa shape index (κ2) is 5.43. The third-order valence-corrected chi connectivity index (χ3v) is 4.97. The highest BCUT2D eigenvalue weighted by atomic mass is 32.2. The zero-order valence-corrected chi connectivity index (χ0v) is 12.4. The van der Waals surface area contributed by atoms with Crippen LogP contribution in [0.5, 0.6) is 0 Å². The molecule has 0 saturated heterocycles. The van der Waals surface area contributed by atoms with Crippen molar-refractivity contribution in [3.8, 4) is 0 Å². The third kappa shape index (κ3) is 2.87. The molecule has 2 N–H and O–H groups in total. The van der Waals surface area contributed by atoms with E-state index in [0.717, 1.165) is 34.3 Å². The van der Waals surface area contributed by atoms with Crippen molar-refractivity contribution in [1.82, 2.24) is 9.97 Å². The number of nitrogens with zero attached hydrogens (tertiary/aromatic N) is 2. The standard InChI is InChI=1S/C14H15N3S2/c1-9-3-2-4-10(5-9)19-8-13-16-12-7-18-6-11(12)14(15)17-13/h2-5H,6-8H2,1H3,(H2,15,16,17). The number of benzene rings is 1. The van der Waals surface area contributed by atoms with E-state index in [9.17, 15) is 0 Å². The molecule has 2 heterocycles. The van der Waals surface area contributed by atoms with Crippen LogP contribution in [0.3, 0.4) is 0 Å². The summed E-state index contributed by atoms with van der Waals surface area (Å²) in [6, 6.07) is 8.47. The zero-order valence-electron chi connectivity index (χ0n) is 10.7. The molecule has 3 rings (SSSR count). The number of fused-ring (bicyclic) bond motifs is 1. The average Bonchev–Trinajstić information content (AvgIpc) is 2.85. The Labute approximate surface area is 121 Å². The van der Waals surface area contributed by atoms with Gasteiger partial charge in [-0.05, 0) is 19.1 Å². The number of nitrogen functional groups attached to an aromatic ring is 1. The molecule has 0 bridgehead atoms. The molecule has 1 aromatic heterocycles. The first-order valence-corrected chi connectivity index (χ1v) is 8.28. The lowest BCUT2D eigenvalue weighted by Gasteiger charge is -2.06. The lowest BCUT2D eigenvalue weighted by Crippen LogP contribution is -2.04. The molecule has 1 aliphatic rings. The quantitative estimate of drug-likeness (QED) is 0.878. The van der Waals surface area contributed by atoms with Gasteiger partial charge in [0.25, 0.3) is 0 Å². The zero-order chi connectivity index (χ0) is 13.2. The number of hydrogen-bond donors (Lipinski definition) is 1. The van der Waals surface area contributed by atoms with E-state index in [1.165, 1.54) is 10.5 Å². The smallest absolute Gasteiger partial charge is 0.141 e. The van der Waals surface area contributed by atoms with Gasteiger partial charge in [-0.3, -0.25) is 0 Å². The Morgan fingerprint density at radius 2 is 2.21 bits per heavy atom. The Morgan fingerprint density at radius 1 is 1.32 bits per heavy atom. The van der Waals surface area contributed by atoms with Crippen molar-refractivity contribution in [3.63, 3.8) is 0 Å². The molecule has 0 amide bonds. The minimum absolute atomic E-state index is 0.662. The largest absolute Gasteiger partial charge is 0.383 e. The number of aromatic nitrogens is 2. The van der Waals surface area contributed by atoms with Crippen LogP contribution in [-0.4, -0.2) is 9.97 Å². The molecule has 0 radical (unpaired) electrons. The maximum Gasteiger partial charge on any atom is 0.141 e. The van der Waals surface area contributed by atoms with Gasteiger partial charge >= 0.3 is 0 Å². The van der Waals surface area contributed by atoms with E-state index in [-0.39, 0.29) is 0 Å². The lowest BCUT2D eigenvalue weighted by molar-refractivity contribution is 0.982. The number of hydrogen-bond acceptors (Lipinski definition) is 5. The molecule has 0 unspecified atom stereocenters. The van der Waals surface area contributed by atoms with Gasteiger partial charge in [0.2, 0.25) is 0 Å². The van der Waals surface area contributed by atoms with Crippen LogP contribution >= 0.6 is 23.5 Å². The SMILES string of the molecule is Cc1cccc(SCc2nc(N)c3c(n2)CSC3)c1. The van der Waals surface area contributed by atoms with Crippen LogP contribution in [0.1, 0.15) is 22.6 Å². The van der Waals surface area contributed by atoms with Crippen molar-refractivity contribution in [2.45, 2.75) is 29.1 Å². The van der Waals surface area contributed by atoms with Gasteiger partial charge in [0.05, 0.1) is 11.4 Å². The first-order chi connectivity index (χ1) is 9.22. The Kier molecular flexibility index (Phi) is 3.66. The monoisotopic (exact) mass is 289 g/mol. The van der Waals surface area contributed by atoms with E-state index in [2.05, 4.69) is 41.2 Å². The van der Waals surface area contributed by atoms with Gasteiger partial charge in [0.15, 0.2) is 0 Å². The van der Waals surface area contributed by atoms with Crippen molar-refractivity contribution < 1.29 is 0 Å². The molecule has 0 saturated carbocycles. The predicted molar refractivity (Wildman–Crippen MR) is 82.2 cm³/mol. The van der Waals surface area contributed by atoms with Gasteiger partial charge in [0.1, 0.15) is 11.6 Å². The Balaban J connectivity index is 1.76. The van der Waals surface area contributed by atoms with Crippen molar-refractivity contribution in [3.05, 3.63) is 46.9 Å². The second-order valence-electron chi connectivity index (χ2n) is 4.55. The molecule has 19 heavy (non-hydrogen) atoms. The normalized spacial score (nSPS) is 13.5. The van der Waals surface area contributed by atoms with Crippen molar-refractivity contribution in [1.29, 1.82) is 0 Å². The summed E-state index contributed by atoms with van der Waals surface area (Å²) in [6.45, 7) is 2.10. The number of anilines is 1. The molecule has 0 fully saturated rings. The highest BCUT2D eigenvalue weighted by Crippen LogP contribution is 2.32. The van der Waals surface area contributed by atoms with Gasteiger partial charge in [0, 0.05) is 22.0 Å².